The molecule has 4 fully saturated rings. The third-order valence-corrected chi connectivity index (χ3v) is 9.19. The lowest BCUT2D eigenvalue weighted by Gasteiger charge is -2.69. The number of ether oxygens (including phenoxy) is 1. The average molecular weight is 376 g/mol. The standard InChI is InChI=1S/C21H28O6/c1-9-6-13(22)17(25)19(3)11(9)7-14-20-4-5-21(26,18(19)20)16(24)10(2)12(20)8-15(23)27-14/h6,10-12,14,16-18,24-26H,4-5,7-8H2,1-3H3/t10-,11+,12+,14-,16-,17-,18-,19-,20-,21-/m1/s1. The Morgan fingerprint density at radius 1 is 1.22 bits per heavy atom. The normalized spacial score (nSPS) is 58.9. The largest absolute Gasteiger partial charge is 0.462 e. The van der Waals surface area contributed by atoms with Crippen molar-refractivity contribution in [3.8, 4) is 0 Å². The second kappa shape index (κ2) is 5.02. The summed E-state index contributed by atoms with van der Waals surface area (Å²) >= 11 is 0. The van der Waals surface area contributed by atoms with E-state index in [1.807, 2.05) is 20.8 Å². The maximum Gasteiger partial charge on any atom is 0.306 e. The summed E-state index contributed by atoms with van der Waals surface area (Å²) < 4.78 is 5.86. The van der Waals surface area contributed by atoms with E-state index in [4.69, 9.17) is 4.74 Å². The Hall–Kier alpha value is -1.24. The van der Waals surface area contributed by atoms with Crippen LogP contribution in [0.15, 0.2) is 11.6 Å². The Morgan fingerprint density at radius 3 is 2.63 bits per heavy atom. The van der Waals surface area contributed by atoms with E-state index >= 15 is 0 Å². The first-order valence-electron chi connectivity index (χ1n) is 10.1. The quantitative estimate of drug-likeness (QED) is 0.544. The van der Waals surface area contributed by atoms with E-state index in [2.05, 4.69) is 0 Å². The fourth-order valence-corrected chi connectivity index (χ4v) is 8.30. The molecule has 3 saturated carbocycles. The minimum atomic E-state index is -1.38. The van der Waals surface area contributed by atoms with Crippen molar-refractivity contribution < 1.29 is 29.6 Å². The van der Waals surface area contributed by atoms with Gasteiger partial charge < -0.3 is 20.1 Å². The highest BCUT2D eigenvalue weighted by atomic mass is 16.5. The first-order valence-corrected chi connectivity index (χ1v) is 10.1. The molecule has 1 heterocycles. The molecule has 1 aliphatic heterocycles. The van der Waals surface area contributed by atoms with E-state index in [-0.39, 0.29) is 42.0 Å². The Labute approximate surface area is 158 Å². The summed E-state index contributed by atoms with van der Waals surface area (Å²) in [6.45, 7) is 5.67. The zero-order valence-electron chi connectivity index (χ0n) is 16.0. The molecule has 6 heteroatoms. The van der Waals surface area contributed by atoms with Crippen LogP contribution < -0.4 is 0 Å². The summed E-state index contributed by atoms with van der Waals surface area (Å²) in [5.41, 5.74) is -1.91. The molecule has 0 radical (unpaired) electrons. The number of aliphatic hydroxyl groups is 3. The van der Waals surface area contributed by atoms with Crippen LogP contribution in [0.1, 0.15) is 46.5 Å². The predicted octanol–water partition coefficient (Wildman–Crippen LogP) is 0.972. The lowest BCUT2D eigenvalue weighted by atomic mass is 9.38. The van der Waals surface area contributed by atoms with E-state index < -0.39 is 34.6 Å². The van der Waals surface area contributed by atoms with Crippen molar-refractivity contribution in [3.63, 3.8) is 0 Å². The first-order chi connectivity index (χ1) is 12.6. The highest BCUT2D eigenvalue weighted by molar-refractivity contribution is 5.96. The van der Waals surface area contributed by atoms with Crippen molar-refractivity contribution in [2.24, 2.45) is 34.5 Å². The highest BCUT2D eigenvalue weighted by Gasteiger charge is 2.80. The van der Waals surface area contributed by atoms with Gasteiger partial charge in [0.1, 0.15) is 12.2 Å². The number of rotatable bonds is 0. The Balaban J connectivity index is 1.78. The molecule has 27 heavy (non-hydrogen) atoms. The van der Waals surface area contributed by atoms with Crippen LogP contribution in [0, 0.1) is 34.5 Å². The highest BCUT2D eigenvalue weighted by Crippen LogP contribution is 2.75. The van der Waals surface area contributed by atoms with Crippen LogP contribution in [0.25, 0.3) is 0 Å². The van der Waals surface area contributed by atoms with Crippen LogP contribution in [0.4, 0.5) is 0 Å². The predicted molar refractivity (Wildman–Crippen MR) is 94.2 cm³/mol. The Kier molecular flexibility index (Phi) is 3.32. The maximum atomic E-state index is 12.6. The zero-order valence-corrected chi connectivity index (χ0v) is 16.0. The molecule has 5 aliphatic rings. The lowest BCUT2D eigenvalue weighted by Crippen LogP contribution is -2.75. The number of hydrogen-bond acceptors (Lipinski definition) is 6. The van der Waals surface area contributed by atoms with Crippen LogP contribution in [0.5, 0.6) is 0 Å². The van der Waals surface area contributed by atoms with Gasteiger partial charge in [0, 0.05) is 23.2 Å². The van der Waals surface area contributed by atoms with Crippen molar-refractivity contribution in [1.29, 1.82) is 0 Å². The van der Waals surface area contributed by atoms with Crippen LogP contribution in [-0.2, 0) is 14.3 Å². The molecule has 4 aliphatic carbocycles. The molecule has 6 nitrogen and oxygen atoms in total. The van der Waals surface area contributed by atoms with Gasteiger partial charge in [-0.1, -0.05) is 19.4 Å². The van der Waals surface area contributed by atoms with Gasteiger partial charge >= 0.3 is 5.97 Å². The fourth-order valence-electron chi connectivity index (χ4n) is 8.30. The molecular formula is C21H28O6. The summed E-state index contributed by atoms with van der Waals surface area (Å²) in [5, 5.41) is 33.9. The van der Waals surface area contributed by atoms with Crippen molar-refractivity contribution in [2.45, 2.75) is 70.4 Å². The van der Waals surface area contributed by atoms with Gasteiger partial charge in [0.15, 0.2) is 5.78 Å². The third-order valence-electron chi connectivity index (χ3n) is 9.19. The van der Waals surface area contributed by atoms with E-state index in [0.717, 1.165) is 5.57 Å². The number of esters is 1. The number of ketones is 1. The maximum absolute atomic E-state index is 12.6. The topological polar surface area (TPSA) is 104 Å². The van der Waals surface area contributed by atoms with Crippen molar-refractivity contribution in [3.05, 3.63) is 11.6 Å². The lowest BCUT2D eigenvalue weighted by molar-refractivity contribution is -0.297. The molecule has 2 bridgehead atoms. The number of allylic oxidation sites excluding steroid dienone is 1. The molecule has 1 saturated heterocycles. The monoisotopic (exact) mass is 376 g/mol. The van der Waals surface area contributed by atoms with Crippen molar-refractivity contribution >= 4 is 11.8 Å². The molecule has 0 aromatic rings. The smallest absolute Gasteiger partial charge is 0.306 e. The van der Waals surface area contributed by atoms with Gasteiger partial charge in [-0.2, -0.15) is 0 Å². The van der Waals surface area contributed by atoms with Crippen LogP contribution in [0.2, 0.25) is 0 Å². The van der Waals surface area contributed by atoms with Crippen LogP contribution in [0.3, 0.4) is 0 Å². The van der Waals surface area contributed by atoms with Gasteiger partial charge in [0.05, 0.1) is 11.7 Å². The van der Waals surface area contributed by atoms with E-state index in [1.54, 1.807) is 0 Å². The first kappa shape index (κ1) is 17.8. The number of carbonyl (C=O) groups is 2. The van der Waals surface area contributed by atoms with Crippen LogP contribution >= 0.6 is 0 Å². The molecule has 0 amide bonds. The molecule has 10 atom stereocenters. The molecule has 0 unspecified atom stereocenters. The number of hydrogen-bond donors (Lipinski definition) is 3. The van der Waals surface area contributed by atoms with Gasteiger partial charge in [-0.25, -0.2) is 0 Å². The van der Waals surface area contributed by atoms with Gasteiger partial charge in [0.2, 0.25) is 0 Å². The van der Waals surface area contributed by atoms with Crippen molar-refractivity contribution in [2.75, 3.05) is 0 Å². The summed E-state index contributed by atoms with van der Waals surface area (Å²) in [6.07, 6.45) is 0.757. The third kappa shape index (κ3) is 1.74. The van der Waals surface area contributed by atoms with Crippen molar-refractivity contribution in [1.82, 2.24) is 0 Å². The second-order valence-electron chi connectivity index (χ2n) is 9.98. The Bertz CT molecular complexity index is 775. The fraction of sp³-hybridized carbons (Fsp3) is 0.810. The Morgan fingerprint density at radius 2 is 1.93 bits per heavy atom. The minimum Gasteiger partial charge on any atom is -0.462 e. The van der Waals surface area contributed by atoms with E-state index in [9.17, 15) is 24.9 Å². The zero-order chi connectivity index (χ0) is 19.5. The van der Waals surface area contributed by atoms with E-state index in [1.165, 1.54) is 6.08 Å². The van der Waals surface area contributed by atoms with Crippen LogP contribution in [-0.4, -0.2) is 51.0 Å². The summed E-state index contributed by atoms with van der Waals surface area (Å²) in [7, 11) is 0. The van der Waals surface area contributed by atoms with Gasteiger partial charge in [-0.15, -0.1) is 0 Å². The van der Waals surface area contributed by atoms with E-state index in [0.29, 0.717) is 19.3 Å². The summed E-state index contributed by atoms with van der Waals surface area (Å²) in [5.74, 6) is -1.60. The molecule has 148 valence electrons. The SMILES string of the molecule is CC1=CC(=O)[C@@H](O)[C@]2(C)[C@H]3[C@@]4(O)CC[C@@]35[C@@H](C[C@@H]12)OC(=O)C[C@H]5[C@@H](C)[C@H]4O. The number of aliphatic hydroxyl groups excluding tert-OH is 2. The number of fused-ring (bicyclic) bond motifs is 1. The van der Waals surface area contributed by atoms with Gasteiger partial charge in [-0.05, 0) is 50.0 Å². The molecule has 3 N–H and O–H groups in total. The van der Waals surface area contributed by atoms with Gasteiger partial charge in [-0.3, -0.25) is 9.59 Å². The molecule has 1 spiro atoms. The minimum absolute atomic E-state index is 0.113. The average Bonchev–Trinajstić information content (AvgIpc) is 2.90. The molecule has 0 aromatic heterocycles. The number of carbonyl (C=O) groups excluding carboxylic acids is 2. The van der Waals surface area contributed by atoms with Gasteiger partial charge in [0.25, 0.3) is 0 Å². The summed E-state index contributed by atoms with van der Waals surface area (Å²) in [6, 6.07) is 0. The molecule has 0 aromatic carbocycles. The molecular weight excluding hydrogens is 348 g/mol. The second-order valence-corrected chi connectivity index (χ2v) is 9.98. The molecule has 5 rings (SSSR count). The summed E-state index contributed by atoms with van der Waals surface area (Å²) in [4.78, 5) is 24.9.